The first-order chi connectivity index (χ1) is 4.81. The Morgan fingerprint density at radius 2 is 2.10 bits per heavy atom. The number of unbranched alkanes of at least 4 members (excludes halogenated alkanes) is 2. The molecule has 0 saturated carbocycles. The lowest BCUT2D eigenvalue weighted by atomic mass is 10.2. The molecule has 0 aliphatic heterocycles. The minimum absolute atomic E-state index is 0.406. The van der Waals surface area contributed by atoms with Crippen LogP contribution in [0.1, 0.15) is 39.5 Å². The van der Waals surface area contributed by atoms with Gasteiger partial charge in [0.05, 0.1) is 0 Å². The van der Waals surface area contributed by atoms with E-state index in [0.29, 0.717) is 0 Å². The van der Waals surface area contributed by atoms with Crippen molar-refractivity contribution in [1.29, 1.82) is 0 Å². The van der Waals surface area contributed by atoms with E-state index in [4.69, 9.17) is 5.11 Å². The highest BCUT2D eigenvalue weighted by Crippen LogP contribution is 1.92. The molecule has 0 rings (SSSR count). The number of hydrogen-bond acceptors (Lipinski definition) is 1. The molecule has 0 aromatic heterocycles. The molecule has 0 radical (unpaired) electrons. The third-order valence-corrected chi connectivity index (χ3v) is 1.31. The Morgan fingerprint density at radius 1 is 1.40 bits per heavy atom. The summed E-state index contributed by atoms with van der Waals surface area (Å²) in [5, 5.41) is 8.98. The van der Waals surface area contributed by atoms with Gasteiger partial charge in [-0.2, -0.15) is 0 Å². The van der Waals surface area contributed by atoms with Crippen LogP contribution in [0.2, 0.25) is 0 Å². The second-order valence-corrected chi connectivity index (χ2v) is 2.35. The number of rotatable bonds is 3. The normalized spacial score (nSPS) is 11.9. The van der Waals surface area contributed by atoms with Gasteiger partial charge < -0.3 is 5.11 Å². The molecule has 0 aromatic carbocycles. The van der Waals surface area contributed by atoms with Crippen molar-refractivity contribution >= 4 is 0 Å². The molecule has 58 valence electrons. The van der Waals surface area contributed by atoms with E-state index >= 15 is 0 Å². The van der Waals surface area contributed by atoms with E-state index in [1.165, 1.54) is 6.42 Å². The van der Waals surface area contributed by atoms with Crippen LogP contribution in [0.3, 0.4) is 0 Å². The molecule has 0 aromatic rings. The monoisotopic (exact) mass is 140 g/mol. The van der Waals surface area contributed by atoms with Crippen LogP contribution in [0.4, 0.5) is 0 Å². The predicted octanol–water partition coefficient (Wildman–Crippen LogP) is 1.95. The van der Waals surface area contributed by atoms with Crippen LogP contribution in [0.25, 0.3) is 0 Å². The first-order valence-electron chi connectivity index (χ1n) is 3.97. The van der Waals surface area contributed by atoms with E-state index < -0.39 is 6.10 Å². The lowest BCUT2D eigenvalue weighted by molar-refractivity contribution is 0.228. The molecule has 0 unspecified atom stereocenters. The van der Waals surface area contributed by atoms with Crippen molar-refractivity contribution in [3.05, 3.63) is 0 Å². The van der Waals surface area contributed by atoms with Crippen molar-refractivity contribution in [2.45, 2.75) is 45.6 Å². The number of hydrogen-bond donors (Lipinski definition) is 1. The largest absolute Gasteiger partial charge is 0.380 e. The van der Waals surface area contributed by atoms with Gasteiger partial charge in [0.2, 0.25) is 0 Å². The molecule has 0 saturated heterocycles. The zero-order valence-corrected chi connectivity index (χ0v) is 6.85. The van der Waals surface area contributed by atoms with Gasteiger partial charge in [-0.3, -0.25) is 0 Å². The van der Waals surface area contributed by atoms with Gasteiger partial charge >= 0.3 is 0 Å². The fourth-order valence-corrected chi connectivity index (χ4v) is 0.557. The Hall–Kier alpha value is -0.480. The predicted molar refractivity (Wildman–Crippen MR) is 43.6 cm³/mol. The summed E-state index contributed by atoms with van der Waals surface area (Å²) in [4.78, 5) is 0. The Morgan fingerprint density at radius 3 is 2.60 bits per heavy atom. The van der Waals surface area contributed by atoms with E-state index in [1.807, 2.05) is 6.92 Å². The highest BCUT2D eigenvalue weighted by atomic mass is 16.3. The Bertz CT molecular complexity index is 118. The van der Waals surface area contributed by atoms with Crippen molar-refractivity contribution < 1.29 is 5.11 Å². The highest BCUT2D eigenvalue weighted by Gasteiger charge is 1.89. The molecule has 1 N–H and O–H groups in total. The lowest BCUT2D eigenvalue weighted by Gasteiger charge is -1.93. The van der Waals surface area contributed by atoms with Gasteiger partial charge in [0.25, 0.3) is 0 Å². The van der Waals surface area contributed by atoms with Crippen molar-refractivity contribution in [2.75, 3.05) is 0 Å². The zero-order chi connectivity index (χ0) is 7.82. The summed E-state index contributed by atoms with van der Waals surface area (Å²) in [5.74, 6) is 5.71. The van der Waals surface area contributed by atoms with Gasteiger partial charge in [-0.15, -0.1) is 5.92 Å². The van der Waals surface area contributed by atoms with Crippen LogP contribution < -0.4 is 0 Å². The van der Waals surface area contributed by atoms with Gasteiger partial charge in [-0.05, 0) is 12.8 Å². The van der Waals surface area contributed by atoms with Gasteiger partial charge in [-0.25, -0.2) is 0 Å². The summed E-state index contributed by atoms with van der Waals surface area (Å²) in [7, 11) is 0. The van der Waals surface area contributed by atoms with E-state index in [1.54, 1.807) is 0 Å². The van der Waals surface area contributed by atoms with Crippen LogP contribution in [-0.2, 0) is 0 Å². The van der Waals surface area contributed by atoms with Crippen molar-refractivity contribution in [3.63, 3.8) is 0 Å². The fraction of sp³-hybridized carbons (Fsp3) is 0.778. The summed E-state index contributed by atoms with van der Waals surface area (Å²) in [6, 6.07) is 0. The fourth-order valence-electron chi connectivity index (χ4n) is 0.557. The van der Waals surface area contributed by atoms with Gasteiger partial charge in [0, 0.05) is 6.42 Å². The van der Waals surface area contributed by atoms with Crippen LogP contribution >= 0.6 is 0 Å². The number of aliphatic hydroxyl groups is 1. The van der Waals surface area contributed by atoms with E-state index in [9.17, 15) is 0 Å². The molecular formula is C9H16O. The highest BCUT2D eigenvalue weighted by molar-refractivity contribution is 5.03. The molecule has 0 aliphatic rings. The van der Waals surface area contributed by atoms with Crippen molar-refractivity contribution in [2.24, 2.45) is 0 Å². The standard InChI is InChI=1S/C9H16O/c1-3-5-6-7-8-9(10)4-2/h9-10H,3-6H2,1-2H3/t9-/m0/s1. The molecular weight excluding hydrogens is 124 g/mol. The van der Waals surface area contributed by atoms with Crippen LogP contribution in [0, 0.1) is 11.8 Å². The average molecular weight is 140 g/mol. The van der Waals surface area contributed by atoms with Gasteiger partial charge in [0.1, 0.15) is 6.10 Å². The third-order valence-electron chi connectivity index (χ3n) is 1.31. The Labute approximate surface area is 63.5 Å². The Kier molecular flexibility index (Phi) is 6.32. The molecule has 0 aliphatic carbocycles. The van der Waals surface area contributed by atoms with Gasteiger partial charge in [-0.1, -0.05) is 26.2 Å². The summed E-state index contributed by atoms with van der Waals surface area (Å²) in [6.45, 7) is 4.07. The first-order valence-corrected chi connectivity index (χ1v) is 3.97. The molecule has 0 bridgehead atoms. The number of aliphatic hydroxyl groups excluding tert-OH is 1. The molecule has 10 heavy (non-hydrogen) atoms. The van der Waals surface area contributed by atoms with E-state index in [2.05, 4.69) is 18.8 Å². The average Bonchev–Trinajstić information content (AvgIpc) is 1.98. The third kappa shape index (κ3) is 5.65. The van der Waals surface area contributed by atoms with Gasteiger partial charge in [0.15, 0.2) is 0 Å². The maximum atomic E-state index is 8.98. The second-order valence-electron chi connectivity index (χ2n) is 2.35. The molecule has 0 heterocycles. The van der Waals surface area contributed by atoms with Crippen LogP contribution in [0.5, 0.6) is 0 Å². The lowest BCUT2D eigenvalue weighted by Crippen LogP contribution is -1.98. The summed E-state index contributed by atoms with van der Waals surface area (Å²) < 4.78 is 0. The molecule has 0 amide bonds. The topological polar surface area (TPSA) is 20.2 Å². The second kappa shape index (κ2) is 6.64. The van der Waals surface area contributed by atoms with Crippen LogP contribution in [-0.4, -0.2) is 11.2 Å². The summed E-state index contributed by atoms with van der Waals surface area (Å²) >= 11 is 0. The maximum Gasteiger partial charge on any atom is 0.114 e. The summed E-state index contributed by atoms with van der Waals surface area (Å²) in [5.41, 5.74) is 0. The molecule has 1 heteroatoms. The van der Waals surface area contributed by atoms with E-state index in [-0.39, 0.29) is 0 Å². The minimum atomic E-state index is -0.406. The van der Waals surface area contributed by atoms with Crippen LogP contribution in [0.15, 0.2) is 0 Å². The van der Waals surface area contributed by atoms with Crippen molar-refractivity contribution in [1.82, 2.24) is 0 Å². The SMILES string of the molecule is CCCCC#C[C@@H](O)CC. The minimum Gasteiger partial charge on any atom is -0.380 e. The smallest absolute Gasteiger partial charge is 0.114 e. The first kappa shape index (κ1) is 9.52. The molecule has 1 nitrogen and oxygen atoms in total. The maximum absolute atomic E-state index is 8.98. The van der Waals surface area contributed by atoms with E-state index in [0.717, 1.165) is 19.3 Å². The Balaban J connectivity index is 3.29. The summed E-state index contributed by atoms with van der Waals surface area (Å²) in [6.07, 6.45) is 3.57. The molecule has 1 atom stereocenters. The van der Waals surface area contributed by atoms with Crippen molar-refractivity contribution in [3.8, 4) is 11.8 Å². The zero-order valence-electron chi connectivity index (χ0n) is 6.85. The molecule has 0 spiro atoms. The quantitative estimate of drug-likeness (QED) is 0.469. The molecule has 0 fully saturated rings.